The highest BCUT2D eigenvalue weighted by atomic mass is 32.2. The first-order chi connectivity index (χ1) is 17.4. The van der Waals surface area contributed by atoms with Crippen LogP contribution in [0, 0.1) is 5.82 Å². The van der Waals surface area contributed by atoms with Gasteiger partial charge in [-0.15, -0.1) is 0 Å². The van der Waals surface area contributed by atoms with E-state index in [9.17, 15) is 53.4 Å². The topological polar surface area (TPSA) is 74.7 Å². The molecule has 5 nitrogen and oxygen atoms in total. The van der Waals surface area contributed by atoms with Crippen molar-refractivity contribution in [3.8, 4) is 0 Å². The summed E-state index contributed by atoms with van der Waals surface area (Å²) in [5.41, 5.74) is -7.90. The van der Waals surface area contributed by atoms with Crippen molar-refractivity contribution in [2.24, 2.45) is 0 Å². The number of hydrogen-bond acceptors (Lipinski definition) is 4. The number of sulfone groups is 1. The molecule has 1 saturated heterocycles. The quantitative estimate of drug-likeness (QED) is 0.426. The lowest BCUT2D eigenvalue weighted by Gasteiger charge is -2.43. The maximum atomic E-state index is 14.8. The van der Waals surface area contributed by atoms with E-state index in [0.29, 0.717) is 6.07 Å². The zero-order chi connectivity index (χ0) is 28.5. The predicted molar refractivity (Wildman–Crippen MR) is 117 cm³/mol. The number of carbonyl (C=O) groups excluding carboxylic acids is 1. The van der Waals surface area contributed by atoms with Gasteiger partial charge in [0.15, 0.2) is 9.84 Å². The second-order valence-corrected chi connectivity index (χ2v) is 11.6. The van der Waals surface area contributed by atoms with Crippen molar-refractivity contribution in [1.29, 1.82) is 0 Å². The number of aryl methyl sites for hydroxylation is 1. The Morgan fingerprint density at radius 1 is 1.03 bits per heavy atom. The number of amides is 1. The summed E-state index contributed by atoms with van der Waals surface area (Å²) in [6.07, 6.45) is -15.0. The highest BCUT2D eigenvalue weighted by molar-refractivity contribution is 7.92. The van der Waals surface area contributed by atoms with Gasteiger partial charge >= 0.3 is 18.0 Å². The fourth-order valence-corrected chi connectivity index (χ4v) is 7.92. The van der Waals surface area contributed by atoms with Gasteiger partial charge in [-0.2, -0.15) is 26.3 Å². The average Bonchev–Trinajstić information content (AvgIpc) is 3.23. The molecule has 2 aromatic rings. The van der Waals surface area contributed by atoms with Crippen LogP contribution in [0.1, 0.15) is 36.5 Å². The van der Waals surface area contributed by atoms with Gasteiger partial charge in [0.25, 0.3) is 5.91 Å². The molecule has 3 atom stereocenters. The summed E-state index contributed by atoms with van der Waals surface area (Å²) in [6, 6.07) is 3.83. The van der Waals surface area contributed by atoms with E-state index in [2.05, 4.69) is 0 Å². The molecule has 1 heterocycles. The van der Waals surface area contributed by atoms with Crippen molar-refractivity contribution in [3.63, 3.8) is 0 Å². The molecule has 2 aromatic carbocycles. The van der Waals surface area contributed by atoms with E-state index in [0.717, 1.165) is 42.2 Å². The summed E-state index contributed by atoms with van der Waals surface area (Å²) in [5, 5.41) is 9.84. The standard InChI is InChI=1S/C24H21F8NO4S/c1-13(34)20(35)33-11-10-21(38(36,37)17-6-4-16(25)5-7-17)18-8-3-15(12-14(18)2-9-19(21)33)22(26,23(27,28)29)24(30,31)32/h3-8,12-13,19,34H,2,9-11H2,1H3/t13?,19-,21-/m1/s1. The maximum absolute atomic E-state index is 14.8. The SMILES string of the molecule is CC(O)C(=O)N1CC[C@@]2(S(=O)(=O)c3ccc(F)cc3)c3ccc(C(F)(C(F)(F)F)C(F)(F)F)cc3CC[C@@H]12. The molecule has 4 rings (SSSR count). The van der Waals surface area contributed by atoms with Gasteiger partial charge in [-0.05, 0) is 61.6 Å². The number of aliphatic hydroxyl groups excluding tert-OH is 1. The van der Waals surface area contributed by atoms with Gasteiger partial charge < -0.3 is 10.0 Å². The highest BCUT2D eigenvalue weighted by Gasteiger charge is 2.73. The third-order valence-corrected chi connectivity index (χ3v) is 9.86. The van der Waals surface area contributed by atoms with Gasteiger partial charge in [0.05, 0.1) is 10.9 Å². The summed E-state index contributed by atoms with van der Waals surface area (Å²) >= 11 is 0. The van der Waals surface area contributed by atoms with Crippen LogP contribution < -0.4 is 0 Å². The second-order valence-electron chi connectivity index (χ2n) is 9.38. The molecule has 208 valence electrons. The molecule has 14 heteroatoms. The molecule has 0 aromatic heterocycles. The van der Waals surface area contributed by atoms with E-state index in [4.69, 9.17) is 0 Å². The van der Waals surface area contributed by atoms with Crippen LogP contribution in [0.2, 0.25) is 0 Å². The van der Waals surface area contributed by atoms with Crippen LogP contribution >= 0.6 is 0 Å². The molecule has 1 aliphatic heterocycles. The Labute approximate surface area is 212 Å². The van der Waals surface area contributed by atoms with Crippen molar-refractivity contribution in [1.82, 2.24) is 4.90 Å². The second kappa shape index (κ2) is 8.90. The highest BCUT2D eigenvalue weighted by Crippen LogP contribution is 2.56. The third-order valence-electron chi connectivity index (χ3n) is 7.31. The molecule has 0 saturated carbocycles. The van der Waals surface area contributed by atoms with Crippen LogP contribution in [0.5, 0.6) is 0 Å². The van der Waals surface area contributed by atoms with E-state index >= 15 is 0 Å². The van der Waals surface area contributed by atoms with Gasteiger partial charge in [-0.1, -0.05) is 18.2 Å². The first-order valence-corrected chi connectivity index (χ1v) is 12.8. The van der Waals surface area contributed by atoms with Crippen LogP contribution in [0.3, 0.4) is 0 Å². The van der Waals surface area contributed by atoms with E-state index in [1.165, 1.54) is 0 Å². The molecule has 0 spiro atoms. The minimum absolute atomic E-state index is 0.186. The van der Waals surface area contributed by atoms with Crippen LogP contribution in [-0.2, 0) is 31.5 Å². The van der Waals surface area contributed by atoms with Crippen LogP contribution in [-0.4, -0.2) is 55.4 Å². The van der Waals surface area contributed by atoms with Crippen molar-refractivity contribution < 1.29 is 53.4 Å². The molecular weight excluding hydrogens is 550 g/mol. The van der Waals surface area contributed by atoms with E-state index in [-0.39, 0.29) is 43.0 Å². The molecular formula is C24H21F8NO4S. The number of halogens is 8. The van der Waals surface area contributed by atoms with Crippen LogP contribution in [0.15, 0.2) is 47.4 Å². The zero-order valence-corrected chi connectivity index (χ0v) is 20.4. The van der Waals surface area contributed by atoms with Gasteiger partial charge in [-0.3, -0.25) is 4.79 Å². The molecule has 1 amide bonds. The Bertz CT molecular complexity index is 1340. The molecule has 1 fully saturated rings. The van der Waals surface area contributed by atoms with Gasteiger partial charge in [0, 0.05) is 12.1 Å². The molecule has 2 aliphatic rings. The predicted octanol–water partition coefficient (Wildman–Crippen LogP) is 4.71. The summed E-state index contributed by atoms with van der Waals surface area (Å²) in [4.78, 5) is 13.4. The molecule has 1 unspecified atom stereocenters. The summed E-state index contributed by atoms with van der Waals surface area (Å²) in [7, 11) is -4.57. The lowest BCUT2D eigenvalue weighted by Crippen LogP contribution is -2.54. The van der Waals surface area contributed by atoms with E-state index in [1.807, 2.05) is 0 Å². The number of aliphatic hydroxyl groups is 1. The zero-order valence-electron chi connectivity index (χ0n) is 19.6. The maximum Gasteiger partial charge on any atom is 0.435 e. The lowest BCUT2D eigenvalue weighted by molar-refractivity contribution is -0.348. The Morgan fingerprint density at radius 3 is 2.13 bits per heavy atom. The number of nitrogens with zero attached hydrogens (tertiary/aromatic N) is 1. The largest absolute Gasteiger partial charge is 0.435 e. The molecule has 0 radical (unpaired) electrons. The van der Waals surface area contributed by atoms with E-state index in [1.54, 1.807) is 0 Å². The number of likely N-dealkylation sites (tertiary alicyclic amines) is 1. The normalized spacial score (nSPS) is 23.1. The molecule has 1 aliphatic carbocycles. The van der Waals surface area contributed by atoms with Crippen molar-refractivity contribution in [2.45, 2.75) is 66.0 Å². The summed E-state index contributed by atoms with van der Waals surface area (Å²) in [5.74, 6) is -1.58. The Kier molecular flexibility index (Phi) is 6.62. The number of hydrogen-bond donors (Lipinski definition) is 1. The number of alkyl halides is 7. The molecule has 0 bridgehead atoms. The number of fused-ring (bicyclic) bond motifs is 3. The van der Waals surface area contributed by atoms with Gasteiger partial charge in [0.1, 0.15) is 16.7 Å². The van der Waals surface area contributed by atoms with E-state index < -0.39 is 66.9 Å². The number of carbonyl (C=O) groups is 1. The smallest absolute Gasteiger partial charge is 0.384 e. The Hall–Kier alpha value is -2.74. The fraction of sp³-hybridized carbons (Fsp3) is 0.458. The molecule has 38 heavy (non-hydrogen) atoms. The summed E-state index contributed by atoms with van der Waals surface area (Å²) < 4.78 is 135. The summed E-state index contributed by atoms with van der Waals surface area (Å²) in [6.45, 7) is 0.961. The van der Waals surface area contributed by atoms with Crippen molar-refractivity contribution >= 4 is 15.7 Å². The third kappa shape index (κ3) is 3.90. The van der Waals surface area contributed by atoms with Crippen LogP contribution in [0.25, 0.3) is 0 Å². The van der Waals surface area contributed by atoms with Crippen molar-refractivity contribution in [2.75, 3.05) is 6.54 Å². The minimum Gasteiger partial charge on any atom is -0.384 e. The first kappa shape index (κ1) is 28.3. The fourth-order valence-electron chi connectivity index (χ4n) is 5.56. The van der Waals surface area contributed by atoms with Crippen LogP contribution in [0.4, 0.5) is 35.1 Å². The minimum atomic E-state index is -6.36. The van der Waals surface area contributed by atoms with Gasteiger partial charge in [0.2, 0.25) is 0 Å². The average molecular weight is 571 g/mol. The lowest BCUT2D eigenvalue weighted by atomic mass is 9.76. The van der Waals surface area contributed by atoms with Crippen molar-refractivity contribution in [3.05, 3.63) is 65.0 Å². The number of rotatable bonds is 4. The van der Waals surface area contributed by atoms with Gasteiger partial charge in [-0.25, -0.2) is 17.2 Å². The number of benzene rings is 2. The first-order valence-electron chi connectivity index (χ1n) is 11.3. The monoisotopic (exact) mass is 571 g/mol. The molecule has 1 N–H and O–H groups in total. The Balaban J connectivity index is 1.97. The Morgan fingerprint density at radius 2 is 1.61 bits per heavy atom.